The van der Waals surface area contributed by atoms with Gasteiger partial charge in [-0.05, 0) is 41.7 Å². The van der Waals surface area contributed by atoms with Gasteiger partial charge in [-0.1, -0.05) is 32.0 Å². The van der Waals surface area contributed by atoms with Gasteiger partial charge in [-0.25, -0.2) is 0 Å². The van der Waals surface area contributed by atoms with Crippen molar-refractivity contribution in [3.05, 3.63) is 59.8 Å². The Labute approximate surface area is 172 Å². The fourth-order valence-electron chi connectivity index (χ4n) is 3.48. The number of amides is 1. The molecular weight excluding hydrogens is 364 g/mol. The smallest absolute Gasteiger partial charge is 0.224 e. The van der Waals surface area contributed by atoms with Crippen LogP contribution in [0.2, 0.25) is 0 Å². The summed E-state index contributed by atoms with van der Waals surface area (Å²) in [6, 6.07) is 14.1. The number of fused-ring (bicyclic) bond motifs is 1. The molecule has 0 fully saturated rings. The van der Waals surface area contributed by atoms with Crippen molar-refractivity contribution in [2.75, 3.05) is 20.8 Å². The minimum Gasteiger partial charge on any atom is -0.497 e. The summed E-state index contributed by atoms with van der Waals surface area (Å²) in [7, 11) is 3.30. The van der Waals surface area contributed by atoms with Crippen LogP contribution in [0, 0.1) is 5.92 Å². The van der Waals surface area contributed by atoms with E-state index in [9.17, 15) is 4.79 Å². The number of para-hydroxylation sites is 1. The van der Waals surface area contributed by atoms with Crippen LogP contribution < -0.4 is 14.8 Å². The largest absolute Gasteiger partial charge is 0.497 e. The minimum absolute atomic E-state index is 0.0663. The summed E-state index contributed by atoms with van der Waals surface area (Å²) in [5.41, 5.74) is 3.23. The summed E-state index contributed by atoms with van der Waals surface area (Å²) in [6.45, 7) is 5.71. The molecule has 3 rings (SSSR count). The van der Waals surface area contributed by atoms with Crippen molar-refractivity contribution in [3.8, 4) is 11.5 Å². The van der Waals surface area contributed by atoms with E-state index in [4.69, 9.17) is 9.47 Å². The molecule has 0 aliphatic rings. The van der Waals surface area contributed by atoms with Crippen LogP contribution in [0.5, 0.6) is 11.5 Å². The number of benzene rings is 2. The molecule has 5 heteroatoms. The van der Waals surface area contributed by atoms with Crippen LogP contribution in [0.4, 0.5) is 0 Å². The van der Waals surface area contributed by atoms with Crippen molar-refractivity contribution >= 4 is 16.8 Å². The zero-order chi connectivity index (χ0) is 20.8. The predicted octanol–water partition coefficient (Wildman–Crippen LogP) is 4.41. The van der Waals surface area contributed by atoms with Crippen LogP contribution in [0.3, 0.4) is 0 Å². The number of hydrogen-bond acceptors (Lipinski definition) is 3. The summed E-state index contributed by atoms with van der Waals surface area (Å²) in [6.07, 6.45) is 3.46. The first-order chi connectivity index (χ1) is 14.0. The van der Waals surface area contributed by atoms with Gasteiger partial charge in [0.1, 0.15) is 11.5 Å². The van der Waals surface area contributed by atoms with Crippen molar-refractivity contribution in [3.63, 3.8) is 0 Å². The third-order valence-electron chi connectivity index (χ3n) is 5.03. The minimum atomic E-state index is 0.0663. The Morgan fingerprint density at radius 1 is 1.07 bits per heavy atom. The maximum atomic E-state index is 12.4. The van der Waals surface area contributed by atoms with E-state index in [1.54, 1.807) is 14.2 Å². The van der Waals surface area contributed by atoms with E-state index in [1.165, 1.54) is 0 Å². The summed E-state index contributed by atoms with van der Waals surface area (Å²) in [4.78, 5) is 12.4. The van der Waals surface area contributed by atoms with Crippen molar-refractivity contribution in [1.82, 2.24) is 9.88 Å². The van der Waals surface area contributed by atoms with E-state index in [0.717, 1.165) is 46.5 Å². The third-order valence-corrected chi connectivity index (χ3v) is 5.03. The number of aromatic nitrogens is 1. The molecule has 0 spiro atoms. The molecule has 0 aliphatic carbocycles. The van der Waals surface area contributed by atoms with Crippen LogP contribution in [0.15, 0.2) is 48.7 Å². The Kier molecular flexibility index (Phi) is 6.81. The number of methoxy groups -OCH3 is 2. The Hall–Kier alpha value is -2.95. The zero-order valence-corrected chi connectivity index (χ0v) is 17.7. The van der Waals surface area contributed by atoms with E-state index in [-0.39, 0.29) is 5.91 Å². The molecule has 0 saturated carbocycles. The van der Waals surface area contributed by atoms with Crippen molar-refractivity contribution in [1.29, 1.82) is 0 Å². The fraction of sp³-hybridized carbons (Fsp3) is 0.375. The number of carbonyl (C=O) groups is 1. The van der Waals surface area contributed by atoms with Gasteiger partial charge in [0, 0.05) is 36.3 Å². The highest BCUT2D eigenvalue weighted by Crippen LogP contribution is 2.26. The molecule has 1 heterocycles. The standard InChI is InChI=1S/C24H30N2O3/c1-17(2)9-10-25-24(27)13-19-16-26(23-8-6-5-7-22(19)23)15-18-11-20(28-3)14-21(12-18)29-4/h5-8,11-12,14,16-17H,9-10,13,15H2,1-4H3,(H,25,27). The summed E-state index contributed by atoms with van der Waals surface area (Å²) < 4.78 is 13.0. The lowest BCUT2D eigenvalue weighted by molar-refractivity contribution is -0.120. The normalized spacial score (nSPS) is 11.1. The molecule has 0 radical (unpaired) electrons. The lowest BCUT2D eigenvalue weighted by atomic mass is 10.1. The number of hydrogen-bond donors (Lipinski definition) is 1. The highest BCUT2D eigenvalue weighted by molar-refractivity contribution is 5.89. The molecule has 154 valence electrons. The topological polar surface area (TPSA) is 52.5 Å². The van der Waals surface area contributed by atoms with Gasteiger partial charge >= 0.3 is 0 Å². The third kappa shape index (κ3) is 5.31. The van der Waals surface area contributed by atoms with Gasteiger partial charge in [-0.15, -0.1) is 0 Å². The molecule has 0 bridgehead atoms. The van der Waals surface area contributed by atoms with Crippen molar-refractivity contribution in [2.45, 2.75) is 33.2 Å². The molecule has 0 saturated heterocycles. The Bertz CT molecular complexity index is 953. The van der Waals surface area contributed by atoms with Gasteiger partial charge in [0.25, 0.3) is 0 Å². The first-order valence-corrected chi connectivity index (χ1v) is 10.1. The SMILES string of the molecule is COc1cc(Cn2cc(CC(=O)NCCC(C)C)c3ccccc32)cc(OC)c1. The van der Waals surface area contributed by atoms with Gasteiger partial charge in [0.15, 0.2) is 0 Å². The van der Waals surface area contributed by atoms with Crippen molar-refractivity contribution < 1.29 is 14.3 Å². The van der Waals surface area contributed by atoms with Crippen LogP contribution in [0.25, 0.3) is 10.9 Å². The number of carbonyl (C=O) groups excluding carboxylic acids is 1. The molecule has 5 nitrogen and oxygen atoms in total. The first kappa shape index (κ1) is 20.8. The van der Waals surface area contributed by atoms with Gasteiger partial charge in [-0.3, -0.25) is 4.79 Å². The molecule has 1 amide bonds. The fourth-order valence-corrected chi connectivity index (χ4v) is 3.48. The van der Waals surface area contributed by atoms with E-state index < -0.39 is 0 Å². The highest BCUT2D eigenvalue weighted by atomic mass is 16.5. The second kappa shape index (κ2) is 9.50. The molecule has 2 aromatic carbocycles. The maximum absolute atomic E-state index is 12.4. The maximum Gasteiger partial charge on any atom is 0.224 e. The monoisotopic (exact) mass is 394 g/mol. The quantitative estimate of drug-likeness (QED) is 0.585. The van der Waals surface area contributed by atoms with E-state index in [1.807, 2.05) is 30.3 Å². The summed E-state index contributed by atoms with van der Waals surface area (Å²) >= 11 is 0. The molecule has 3 aromatic rings. The number of ether oxygens (including phenoxy) is 2. The van der Waals surface area contributed by atoms with Crippen LogP contribution >= 0.6 is 0 Å². The van der Waals surface area contributed by atoms with Crippen molar-refractivity contribution in [2.24, 2.45) is 5.92 Å². The van der Waals surface area contributed by atoms with Crippen LogP contribution in [-0.4, -0.2) is 31.2 Å². The molecule has 0 aliphatic heterocycles. The summed E-state index contributed by atoms with van der Waals surface area (Å²) in [5.74, 6) is 2.18. The second-order valence-corrected chi connectivity index (χ2v) is 7.73. The average Bonchev–Trinajstić information content (AvgIpc) is 3.04. The van der Waals surface area contributed by atoms with E-state index >= 15 is 0 Å². The molecule has 1 N–H and O–H groups in total. The summed E-state index contributed by atoms with van der Waals surface area (Å²) in [5, 5.41) is 4.15. The predicted molar refractivity (Wildman–Crippen MR) is 117 cm³/mol. The lowest BCUT2D eigenvalue weighted by Gasteiger charge is -2.10. The second-order valence-electron chi connectivity index (χ2n) is 7.73. The average molecular weight is 395 g/mol. The number of nitrogens with one attached hydrogen (secondary N) is 1. The molecule has 0 atom stereocenters. The van der Waals surface area contributed by atoms with Crippen LogP contribution in [-0.2, 0) is 17.8 Å². The number of rotatable bonds is 9. The zero-order valence-electron chi connectivity index (χ0n) is 17.7. The highest BCUT2D eigenvalue weighted by Gasteiger charge is 2.13. The molecular formula is C24H30N2O3. The van der Waals surface area contributed by atoms with E-state index in [2.05, 4.69) is 42.1 Å². The Balaban J connectivity index is 1.84. The first-order valence-electron chi connectivity index (χ1n) is 10.1. The van der Waals surface area contributed by atoms with E-state index in [0.29, 0.717) is 18.9 Å². The molecule has 0 unspecified atom stereocenters. The van der Waals surface area contributed by atoms with Crippen LogP contribution in [0.1, 0.15) is 31.4 Å². The molecule has 1 aromatic heterocycles. The van der Waals surface area contributed by atoms with Gasteiger partial charge in [0.2, 0.25) is 5.91 Å². The molecule has 29 heavy (non-hydrogen) atoms. The van der Waals surface area contributed by atoms with Gasteiger partial charge < -0.3 is 19.4 Å². The van der Waals surface area contributed by atoms with Gasteiger partial charge in [0.05, 0.1) is 20.6 Å². The number of nitrogens with zero attached hydrogens (tertiary/aromatic N) is 1. The Morgan fingerprint density at radius 3 is 2.41 bits per heavy atom. The van der Waals surface area contributed by atoms with Gasteiger partial charge in [-0.2, -0.15) is 0 Å². The Morgan fingerprint density at radius 2 is 1.76 bits per heavy atom. The lowest BCUT2D eigenvalue weighted by Crippen LogP contribution is -2.26.